The lowest BCUT2D eigenvalue weighted by Gasteiger charge is -2.35. The maximum Gasteiger partial charge on any atom is 0.193 e. The molecule has 1 atom stereocenters. The highest BCUT2D eigenvalue weighted by atomic mass is 16.5. The first-order valence-electron chi connectivity index (χ1n) is 9.33. The number of aliphatic imine (C=N–C) groups is 1. The van der Waals surface area contributed by atoms with Gasteiger partial charge in [-0.15, -0.1) is 0 Å². The Bertz CT molecular complexity index is 362. The zero-order chi connectivity index (χ0) is 16.7. The largest absolute Gasteiger partial charge is 0.379 e. The predicted molar refractivity (Wildman–Crippen MR) is 97.0 cm³/mol. The van der Waals surface area contributed by atoms with E-state index in [4.69, 9.17) is 4.74 Å². The molecule has 23 heavy (non-hydrogen) atoms. The molecule has 2 rings (SSSR count). The second-order valence-electron chi connectivity index (χ2n) is 7.44. The number of nitrogens with one attached hydrogen (secondary N) is 1. The lowest BCUT2D eigenvalue weighted by Crippen LogP contribution is -2.48. The SMILES string of the molecule is CN=C(NCC(C)N1CCC(C)CC1)N(C)CCOCC1CC1. The van der Waals surface area contributed by atoms with Crippen LogP contribution >= 0.6 is 0 Å². The van der Waals surface area contributed by atoms with Crippen LogP contribution in [0.4, 0.5) is 0 Å². The molecule has 1 aliphatic heterocycles. The Kier molecular flexibility index (Phi) is 7.63. The molecule has 0 spiro atoms. The van der Waals surface area contributed by atoms with Crippen LogP contribution in [0.2, 0.25) is 0 Å². The van der Waals surface area contributed by atoms with E-state index < -0.39 is 0 Å². The maximum atomic E-state index is 5.72. The number of piperidine rings is 1. The topological polar surface area (TPSA) is 40.1 Å². The number of guanidine groups is 1. The summed E-state index contributed by atoms with van der Waals surface area (Å²) in [6, 6.07) is 0.554. The van der Waals surface area contributed by atoms with Gasteiger partial charge in [0.15, 0.2) is 5.96 Å². The molecular weight excluding hydrogens is 288 g/mol. The second-order valence-corrected chi connectivity index (χ2v) is 7.44. The molecule has 2 aliphatic rings. The number of rotatable bonds is 8. The molecule has 1 N–H and O–H groups in total. The van der Waals surface area contributed by atoms with Crippen molar-refractivity contribution in [3.63, 3.8) is 0 Å². The van der Waals surface area contributed by atoms with Crippen LogP contribution in [0.15, 0.2) is 4.99 Å². The first-order chi connectivity index (χ1) is 11.1. The minimum atomic E-state index is 0.554. The highest BCUT2D eigenvalue weighted by Gasteiger charge is 2.22. The van der Waals surface area contributed by atoms with Crippen molar-refractivity contribution in [3.05, 3.63) is 0 Å². The van der Waals surface area contributed by atoms with Crippen LogP contribution in [-0.4, -0.2) is 75.3 Å². The number of nitrogens with zero attached hydrogens (tertiary/aromatic N) is 3. The summed E-state index contributed by atoms with van der Waals surface area (Å²) in [6.45, 7) is 10.7. The molecule has 1 aliphatic carbocycles. The van der Waals surface area contributed by atoms with E-state index in [0.717, 1.165) is 44.1 Å². The van der Waals surface area contributed by atoms with Gasteiger partial charge < -0.3 is 15.0 Å². The van der Waals surface area contributed by atoms with E-state index in [1.54, 1.807) is 0 Å². The standard InChI is InChI=1S/C18H36N4O/c1-15-7-9-22(10-8-15)16(2)13-20-18(19-3)21(4)11-12-23-14-17-5-6-17/h15-17H,5-14H2,1-4H3,(H,19,20). The van der Waals surface area contributed by atoms with Gasteiger partial charge in [0.05, 0.1) is 6.61 Å². The molecule has 1 unspecified atom stereocenters. The van der Waals surface area contributed by atoms with Crippen molar-refractivity contribution in [1.82, 2.24) is 15.1 Å². The quantitative estimate of drug-likeness (QED) is 0.421. The molecule has 0 aromatic heterocycles. The molecule has 1 heterocycles. The summed E-state index contributed by atoms with van der Waals surface area (Å²) in [5.74, 6) is 2.70. The minimum absolute atomic E-state index is 0.554. The fourth-order valence-corrected chi connectivity index (χ4v) is 3.06. The third-order valence-corrected chi connectivity index (χ3v) is 5.19. The highest BCUT2D eigenvalue weighted by molar-refractivity contribution is 5.79. The lowest BCUT2D eigenvalue weighted by atomic mass is 9.98. The number of likely N-dealkylation sites (N-methyl/N-ethyl adjacent to an activating group) is 1. The van der Waals surface area contributed by atoms with Crippen molar-refractivity contribution in [3.8, 4) is 0 Å². The Hall–Kier alpha value is -0.810. The Balaban J connectivity index is 1.62. The van der Waals surface area contributed by atoms with Crippen LogP contribution in [0.1, 0.15) is 39.5 Å². The van der Waals surface area contributed by atoms with Gasteiger partial charge in [-0.2, -0.15) is 0 Å². The van der Waals surface area contributed by atoms with Crippen LogP contribution in [0.5, 0.6) is 0 Å². The summed E-state index contributed by atoms with van der Waals surface area (Å²) in [6.07, 6.45) is 5.37. The molecular formula is C18H36N4O. The smallest absolute Gasteiger partial charge is 0.193 e. The molecule has 0 aromatic rings. The van der Waals surface area contributed by atoms with Crippen molar-refractivity contribution in [2.75, 3.05) is 53.5 Å². The van der Waals surface area contributed by atoms with E-state index in [2.05, 4.69) is 41.0 Å². The van der Waals surface area contributed by atoms with Crippen LogP contribution in [0.3, 0.4) is 0 Å². The molecule has 1 saturated heterocycles. The zero-order valence-electron chi connectivity index (χ0n) is 15.6. The van der Waals surface area contributed by atoms with Gasteiger partial charge in [0.1, 0.15) is 0 Å². The van der Waals surface area contributed by atoms with Crippen LogP contribution in [0, 0.1) is 11.8 Å². The van der Waals surface area contributed by atoms with E-state index in [9.17, 15) is 0 Å². The third kappa shape index (κ3) is 6.68. The van der Waals surface area contributed by atoms with Gasteiger partial charge in [0.25, 0.3) is 0 Å². The summed E-state index contributed by atoms with van der Waals surface area (Å²) >= 11 is 0. The fraction of sp³-hybridized carbons (Fsp3) is 0.944. The van der Waals surface area contributed by atoms with E-state index in [0.29, 0.717) is 6.04 Å². The Morgan fingerprint density at radius 2 is 2.00 bits per heavy atom. The fourth-order valence-electron chi connectivity index (χ4n) is 3.06. The van der Waals surface area contributed by atoms with Crippen molar-refractivity contribution < 1.29 is 4.74 Å². The van der Waals surface area contributed by atoms with Crippen LogP contribution < -0.4 is 5.32 Å². The Morgan fingerprint density at radius 3 is 2.61 bits per heavy atom. The molecule has 0 radical (unpaired) electrons. The average Bonchev–Trinajstić information content (AvgIpc) is 3.37. The second kappa shape index (κ2) is 9.48. The third-order valence-electron chi connectivity index (χ3n) is 5.19. The van der Waals surface area contributed by atoms with Gasteiger partial charge in [-0.3, -0.25) is 9.89 Å². The van der Waals surface area contributed by atoms with Gasteiger partial charge in [-0.1, -0.05) is 6.92 Å². The molecule has 134 valence electrons. The molecule has 0 bridgehead atoms. The monoisotopic (exact) mass is 324 g/mol. The van der Waals surface area contributed by atoms with E-state index in [1.807, 2.05) is 7.05 Å². The van der Waals surface area contributed by atoms with Crippen molar-refractivity contribution in [2.45, 2.75) is 45.6 Å². The van der Waals surface area contributed by atoms with Crippen LogP contribution in [-0.2, 0) is 4.74 Å². The summed E-state index contributed by atoms with van der Waals surface area (Å²) in [5, 5.41) is 3.52. The predicted octanol–water partition coefficient (Wildman–Crippen LogP) is 2.04. The number of hydrogen-bond donors (Lipinski definition) is 1. The van der Waals surface area contributed by atoms with Gasteiger partial charge in [-0.25, -0.2) is 0 Å². The highest BCUT2D eigenvalue weighted by Crippen LogP contribution is 2.28. The summed E-state index contributed by atoms with van der Waals surface area (Å²) in [4.78, 5) is 9.16. The molecule has 1 saturated carbocycles. The summed E-state index contributed by atoms with van der Waals surface area (Å²) in [5.41, 5.74) is 0. The molecule has 2 fully saturated rings. The Labute approximate surface area is 142 Å². The van der Waals surface area contributed by atoms with E-state index in [-0.39, 0.29) is 0 Å². The summed E-state index contributed by atoms with van der Waals surface area (Å²) < 4.78 is 5.72. The van der Waals surface area contributed by atoms with Gasteiger partial charge in [0, 0.05) is 39.8 Å². The van der Waals surface area contributed by atoms with Gasteiger partial charge in [0.2, 0.25) is 0 Å². The van der Waals surface area contributed by atoms with Crippen LogP contribution in [0.25, 0.3) is 0 Å². The number of hydrogen-bond acceptors (Lipinski definition) is 3. The van der Waals surface area contributed by atoms with Crippen molar-refractivity contribution in [2.24, 2.45) is 16.8 Å². The number of likely N-dealkylation sites (tertiary alicyclic amines) is 1. The lowest BCUT2D eigenvalue weighted by molar-refractivity contribution is 0.114. The first kappa shape index (κ1) is 18.5. The molecule has 0 aromatic carbocycles. The average molecular weight is 325 g/mol. The maximum absolute atomic E-state index is 5.72. The van der Waals surface area contributed by atoms with Gasteiger partial charge in [-0.05, 0) is 57.5 Å². The zero-order valence-corrected chi connectivity index (χ0v) is 15.6. The molecule has 5 nitrogen and oxygen atoms in total. The molecule has 0 amide bonds. The van der Waals surface area contributed by atoms with Gasteiger partial charge >= 0.3 is 0 Å². The Morgan fingerprint density at radius 1 is 1.30 bits per heavy atom. The number of ether oxygens (including phenoxy) is 1. The normalized spacial score (nSPS) is 22.2. The van der Waals surface area contributed by atoms with E-state index >= 15 is 0 Å². The van der Waals surface area contributed by atoms with Crippen molar-refractivity contribution >= 4 is 5.96 Å². The van der Waals surface area contributed by atoms with E-state index in [1.165, 1.54) is 38.8 Å². The summed E-state index contributed by atoms with van der Waals surface area (Å²) in [7, 11) is 3.94. The van der Waals surface area contributed by atoms with Crippen molar-refractivity contribution in [1.29, 1.82) is 0 Å². The molecule has 5 heteroatoms. The first-order valence-corrected chi connectivity index (χ1v) is 9.33. The minimum Gasteiger partial charge on any atom is -0.379 e.